The van der Waals surface area contributed by atoms with E-state index in [9.17, 15) is 24.4 Å². The first-order valence-electron chi connectivity index (χ1n) is 26.1. The van der Waals surface area contributed by atoms with Crippen molar-refractivity contribution in [1.29, 1.82) is 5.26 Å². The second kappa shape index (κ2) is 32.6. The molecular formula is C61H71N3O8. The van der Waals surface area contributed by atoms with Crippen molar-refractivity contribution in [3.8, 4) is 17.6 Å². The van der Waals surface area contributed by atoms with E-state index in [1.54, 1.807) is 109 Å². The van der Waals surface area contributed by atoms with E-state index in [0.29, 0.717) is 35.7 Å². The van der Waals surface area contributed by atoms with E-state index in [0.717, 1.165) is 36.8 Å². The molecule has 0 N–H and O–H groups in total. The fourth-order valence-corrected chi connectivity index (χ4v) is 7.86. The van der Waals surface area contributed by atoms with Gasteiger partial charge in [-0.25, -0.2) is 19.2 Å². The predicted molar refractivity (Wildman–Crippen MR) is 286 cm³/mol. The quantitative estimate of drug-likeness (QED) is 0.0177. The van der Waals surface area contributed by atoms with Crippen LogP contribution in [0.25, 0.3) is 0 Å². The van der Waals surface area contributed by atoms with E-state index in [4.69, 9.17) is 18.9 Å². The Kier molecular flexibility index (Phi) is 25.3. The Morgan fingerprint density at radius 3 is 1.06 bits per heavy atom. The average Bonchev–Trinajstić information content (AvgIpc) is 3.41. The molecule has 0 atom stereocenters. The summed E-state index contributed by atoms with van der Waals surface area (Å²) in [5.74, 6) is -2.24. The highest BCUT2D eigenvalue weighted by Gasteiger charge is 2.19. The molecule has 0 spiro atoms. The van der Waals surface area contributed by atoms with Crippen LogP contribution in [0.3, 0.4) is 0 Å². The minimum absolute atomic E-state index is 0.0644. The Hall–Kier alpha value is -7.19. The van der Waals surface area contributed by atoms with Crippen molar-refractivity contribution in [2.24, 2.45) is 9.98 Å². The molecule has 0 unspecified atom stereocenters. The van der Waals surface area contributed by atoms with E-state index in [2.05, 4.69) is 23.8 Å². The Balaban J connectivity index is 1.02. The normalized spacial score (nSPS) is 11.1. The number of nitrogens with zero attached hydrogens (tertiary/aromatic N) is 3. The topological polar surface area (TPSA) is 154 Å². The van der Waals surface area contributed by atoms with Gasteiger partial charge in [0.1, 0.15) is 11.6 Å². The van der Waals surface area contributed by atoms with Gasteiger partial charge < -0.3 is 18.9 Å². The lowest BCUT2D eigenvalue weighted by Gasteiger charge is -2.10. The van der Waals surface area contributed by atoms with Crippen molar-refractivity contribution in [3.63, 3.8) is 0 Å². The van der Waals surface area contributed by atoms with Gasteiger partial charge in [-0.1, -0.05) is 160 Å². The molecule has 0 amide bonds. The number of benzene rings is 5. The van der Waals surface area contributed by atoms with Crippen LogP contribution in [0, 0.1) is 11.3 Å². The fourth-order valence-electron chi connectivity index (χ4n) is 7.86. The molecule has 11 heteroatoms. The second-order valence-corrected chi connectivity index (χ2v) is 18.0. The van der Waals surface area contributed by atoms with Crippen LogP contribution in [0.5, 0.6) is 11.5 Å². The van der Waals surface area contributed by atoms with Crippen LogP contribution in [0.1, 0.15) is 200 Å². The van der Waals surface area contributed by atoms with E-state index in [-0.39, 0.29) is 40.1 Å². The van der Waals surface area contributed by atoms with Crippen LogP contribution in [-0.2, 0) is 9.47 Å². The monoisotopic (exact) mass is 974 g/mol. The van der Waals surface area contributed by atoms with Gasteiger partial charge in [0.2, 0.25) is 0 Å². The number of aliphatic imine (C=N–C) groups is 2. The standard InChI is InChI=1S/C61H71N3O8/c1-3-5-7-9-11-13-15-17-19-21-42-69-58(65)49-34-38-53(39-35-49)63-45-47-26-30-51(31-27-47)60(67)71-56-24-23-25-57(55(56)44-62)72-61(68)52-32-28-48(29-33-52)46-64-54-40-36-50(37-41-54)59(66)70-43-22-20-18-16-14-12-10-8-6-4-2/h23-41,45-46H,3-22,42-43H2,1-2H3. The van der Waals surface area contributed by atoms with Crippen LogP contribution < -0.4 is 9.47 Å². The number of nitriles is 1. The van der Waals surface area contributed by atoms with E-state index in [1.807, 2.05) is 6.07 Å². The van der Waals surface area contributed by atoms with Crippen molar-refractivity contribution in [2.45, 2.75) is 142 Å². The van der Waals surface area contributed by atoms with Gasteiger partial charge in [-0.3, -0.25) is 9.98 Å². The maximum absolute atomic E-state index is 13.2. The number of hydrogen-bond acceptors (Lipinski definition) is 11. The van der Waals surface area contributed by atoms with Crippen molar-refractivity contribution in [2.75, 3.05) is 13.2 Å². The van der Waals surface area contributed by atoms with Crippen molar-refractivity contribution >= 4 is 47.7 Å². The summed E-state index contributed by atoms with van der Waals surface area (Å²) >= 11 is 0. The molecule has 0 aliphatic carbocycles. The highest BCUT2D eigenvalue weighted by atomic mass is 16.6. The number of hydrogen-bond donors (Lipinski definition) is 0. The van der Waals surface area contributed by atoms with Crippen LogP contribution in [0.15, 0.2) is 125 Å². The maximum atomic E-state index is 13.2. The number of carbonyl (C=O) groups is 4. The number of unbranched alkanes of at least 4 members (excludes halogenated alkanes) is 18. The van der Waals surface area contributed by atoms with Gasteiger partial charge in [-0.15, -0.1) is 0 Å². The zero-order valence-electron chi connectivity index (χ0n) is 42.3. The molecule has 0 saturated carbocycles. The van der Waals surface area contributed by atoms with Gasteiger partial charge in [-0.05, 0) is 109 Å². The molecule has 378 valence electrons. The van der Waals surface area contributed by atoms with Gasteiger partial charge >= 0.3 is 23.9 Å². The largest absolute Gasteiger partial charge is 0.462 e. The fraction of sp³-hybridized carbons (Fsp3) is 0.393. The smallest absolute Gasteiger partial charge is 0.343 e. The molecule has 0 heterocycles. The van der Waals surface area contributed by atoms with E-state index in [1.165, 1.54) is 121 Å². The molecule has 0 bridgehead atoms. The molecule has 5 aromatic carbocycles. The summed E-state index contributed by atoms with van der Waals surface area (Å²) in [6.45, 7) is 5.29. The van der Waals surface area contributed by atoms with Gasteiger partial charge in [0.25, 0.3) is 0 Å². The van der Waals surface area contributed by atoms with E-state index >= 15 is 0 Å². The van der Waals surface area contributed by atoms with Gasteiger partial charge in [-0.2, -0.15) is 5.26 Å². The van der Waals surface area contributed by atoms with Crippen molar-refractivity contribution in [1.82, 2.24) is 0 Å². The molecule has 72 heavy (non-hydrogen) atoms. The van der Waals surface area contributed by atoms with Crippen molar-refractivity contribution < 1.29 is 38.1 Å². The number of rotatable bonds is 32. The average molecular weight is 974 g/mol. The summed E-state index contributed by atoms with van der Waals surface area (Å²) in [6.07, 6.45) is 27.6. The Morgan fingerprint density at radius 2 is 0.722 bits per heavy atom. The lowest BCUT2D eigenvalue weighted by molar-refractivity contribution is 0.0488. The summed E-state index contributed by atoms with van der Waals surface area (Å²) in [5, 5.41) is 10.0. The van der Waals surface area contributed by atoms with Crippen LogP contribution in [-0.4, -0.2) is 49.5 Å². The summed E-state index contributed by atoms with van der Waals surface area (Å²) in [6, 6.07) is 33.3. The highest BCUT2D eigenvalue weighted by Crippen LogP contribution is 2.29. The first kappa shape index (κ1) is 55.7. The minimum atomic E-state index is -0.709. The zero-order chi connectivity index (χ0) is 51.0. The molecule has 5 aromatic rings. The number of ether oxygens (including phenoxy) is 4. The summed E-state index contributed by atoms with van der Waals surface area (Å²) < 4.78 is 22.1. The Labute approximate surface area is 426 Å². The first-order valence-corrected chi connectivity index (χ1v) is 26.1. The highest BCUT2D eigenvalue weighted by molar-refractivity contribution is 5.95. The molecule has 0 aliphatic rings. The molecule has 0 fully saturated rings. The van der Waals surface area contributed by atoms with Gasteiger partial charge in [0.15, 0.2) is 11.5 Å². The zero-order valence-corrected chi connectivity index (χ0v) is 42.3. The van der Waals surface area contributed by atoms with Crippen molar-refractivity contribution in [3.05, 3.63) is 154 Å². The summed E-state index contributed by atoms with van der Waals surface area (Å²) in [7, 11) is 0. The maximum Gasteiger partial charge on any atom is 0.343 e. The lowest BCUT2D eigenvalue weighted by Crippen LogP contribution is -2.12. The minimum Gasteiger partial charge on any atom is -0.462 e. The second-order valence-electron chi connectivity index (χ2n) is 18.0. The Bertz CT molecular complexity index is 2360. The summed E-state index contributed by atoms with van der Waals surface area (Å²) in [4.78, 5) is 60.4. The lowest BCUT2D eigenvalue weighted by atomic mass is 10.1. The van der Waals surface area contributed by atoms with Crippen LogP contribution >= 0.6 is 0 Å². The predicted octanol–water partition coefficient (Wildman–Crippen LogP) is 15.7. The molecule has 0 aromatic heterocycles. The number of esters is 4. The first-order chi connectivity index (χ1) is 35.3. The van der Waals surface area contributed by atoms with E-state index < -0.39 is 11.9 Å². The third-order valence-corrected chi connectivity index (χ3v) is 12.2. The third-order valence-electron chi connectivity index (χ3n) is 12.2. The van der Waals surface area contributed by atoms with Gasteiger partial charge in [0.05, 0.1) is 46.8 Å². The SMILES string of the molecule is CCCCCCCCCCCCOC(=O)c1ccc(N=Cc2ccc(C(=O)Oc3cccc(OC(=O)c4ccc(C=Nc5ccc(C(=O)OCCCCCCCCCCCC)cc5)cc4)c3C#N)cc2)cc1. The van der Waals surface area contributed by atoms with Crippen LogP contribution in [0.2, 0.25) is 0 Å². The Morgan fingerprint density at radius 1 is 0.417 bits per heavy atom. The molecule has 0 aliphatic heterocycles. The molecule has 0 radical (unpaired) electrons. The summed E-state index contributed by atoms with van der Waals surface area (Å²) in [5.41, 5.74) is 4.01. The third kappa shape index (κ3) is 20.3. The molecule has 11 nitrogen and oxygen atoms in total. The molecular weight excluding hydrogens is 903 g/mol. The molecule has 5 rings (SSSR count). The number of carbonyl (C=O) groups excluding carboxylic acids is 4. The van der Waals surface area contributed by atoms with Gasteiger partial charge in [0, 0.05) is 12.4 Å². The molecule has 0 saturated heterocycles. The van der Waals surface area contributed by atoms with Crippen LogP contribution in [0.4, 0.5) is 11.4 Å².